The molecule has 10 aromatic rings. The monoisotopic (exact) mass is 653 g/mol. The molecule has 2 aromatic heterocycles. The van der Waals surface area contributed by atoms with Crippen molar-refractivity contribution in [1.29, 1.82) is 0 Å². The molecule has 0 fully saturated rings. The zero-order valence-electron chi connectivity index (χ0n) is 27.7. The summed E-state index contributed by atoms with van der Waals surface area (Å²) in [5.41, 5.74) is 13.3. The van der Waals surface area contributed by atoms with Gasteiger partial charge in [0.25, 0.3) is 0 Å². The van der Waals surface area contributed by atoms with Crippen molar-refractivity contribution in [3.63, 3.8) is 0 Å². The van der Waals surface area contributed by atoms with E-state index in [0.717, 1.165) is 94.3 Å². The van der Waals surface area contributed by atoms with Crippen LogP contribution in [0.4, 0.5) is 17.1 Å². The molecule has 0 aliphatic rings. The van der Waals surface area contributed by atoms with E-state index in [1.165, 1.54) is 0 Å². The minimum absolute atomic E-state index is 0.880. The van der Waals surface area contributed by atoms with Gasteiger partial charge in [-0.1, -0.05) is 133 Å². The van der Waals surface area contributed by atoms with Crippen molar-refractivity contribution < 1.29 is 8.83 Å². The lowest BCUT2D eigenvalue weighted by Crippen LogP contribution is -2.09. The lowest BCUT2D eigenvalue weighted by molar-refractivity contribution is 0.670. The molecular weight excluding hydrogens is 623 g/mol. The van der Waals surface area contributed by atoms with Gasteiger partial charge in [-0.15, -0.1) is 0 Å². The Labute approximate surface area is 295 Å². The van der Waals surface area contributed by atoms with Gasteiger partial charge >= 0.3 is 0 Å². The molecule has 0 bridgehead atoms. The Bertz CT molecular complexity index is 2830. The average Bonchev–Trinajstić information content (AvgIpc) is 3.78. The van der Waals surface area contributed by atoms with E-state index in [9.17, 15) is 0 Å². The predicted molar refractivity (Wildman–Crippen MR) is 212 cm³/mol. The van der Waals surface area contributed by atoms with Crippen molar-refractivity contribution in [1.82, 2.24) is 0 Å². The molecule has 0 N–H and O–H groups in total. The van der Waals surface area contributed by atoms with E-state index >= 15 is 0 Å². The first-order chi connectivity index (χ1) is 25.3. The number of benzene rings is 8. The molecule has 240 valence electrons. The second kappa shape index (κ2) is 11.9. The summed E-state index contributed by atoms with van der Waals surface area (Å²) >= 11 is 0. The molecule has 0 aliphatic heterocycles. The molecule has 0 atom stereocenters. The maximum absolute atomic E-state index is 6.64. The Morgan fingerprint density at radius 3 is 1.43 bits per heavy atom. The maximum atomic E-state index is 6.64. The molecule has 3 heteroatoms. The fourth-order valence-electron chi connectivity index (χ4n) is 7.53. The molecule has 0 unspecified atom stereocenters. The topological polar surface area (TPSA) is 29.5 Å². The minimum atomic E-state index is 0.880. The zero-order chi connectivity index (χ0) is 33.7. The largest absolute Gasteiger partial charge is 0.455 e. The van der Waals surface area contributed by atoms with Gasteiger partial charge in [0, 0.05) is 49.7 Å². The summed E-state index contributed by atoms with van der Waals surface area (Å²) in [6.45, 7) is 0. The van der Waals surface area contributed by atoms with Crippen LogP contribution in [0.2, 0.25) is 0 Å². The Balaban J connectivity index is 1.21. The quantitative estimate of drug-likeness (QED) is 0.179. The summed E-state index contributed by atoms with van der Waals surface area (Å²) in [4.78, 5) is 2.31. The van der Waals surface area contributed by atoms with Gasteiger partial charge in [0.15, 0.2) is 0 Å². The standard InChI is InChI=1S/C48H31NO2/c1-3-15-34(16-4-1)49(35-17-5-2-6-18-35)36-19-11-14-32(30-36)37-29-28-33(38-22-12-23-41-39-20-7-9-26-45(39)50-47(38)41)31-44(37)43-25-13-24-42-40-21-8-10-27-46(40)51-48(42)43/h1-31H. The molecule has 3 nitrogen and oxygen atoms in total. The van der Waals surface area contributed by atoms with Gasteiger partial charge in [-0.25, -0.2) is 0 Å². The summed E-state index contributed by atoms with van der Waals surface area (Å²) in [5, 5.41) is 4.45. The second-order valence-corrected chi connectivity index (χ2v) is 12.9. The second-order valence-electron chi connectivity index (χ2n) is 12.9. The van der Waals surface area contributed by atoms with Gasteiger partial charge in [-0.2, -0.15) is 0 Å². The third-order valence-corrected chi connectivity index (χ3v) is 9.87. The van der Waals surface area contributed by atoms with Crippen molar-refractivity contribution in [2.75, 3.05) is 4.90 Å². The van der Waals surface area contributed by atoms with Gasteiger partial charge in [0.2, 0.25) is 0 Å². The van der Waals surface area contributed by atoms with Crippen LogP contribution in [0.5, 0.6) is 0 Å². The van der Waals surface area contributed by atoms with E-state index in [1.807, 2.05) is 24.3 Å². The van der Waals surface area contributed by atoms with E-state index in [1.54, 1.807) is 0 Å². The van der Waals surface area contributed by atoms with Crippen LogP contribution >= 0.6 is 0 Å². The highest BCUT2D eigenvalue weighted by molar-refractivity contribution is 6.12. The summed E-state index contributed by atoms with van der Waals surface area (Å²) in [6, 6.07) is 66.1. The van der Waals surface area contributed by atoms with Crippen LogP contribution in [0.25, 0.3) is 77.3 Å². The number of furan rings is 2. The molecule has 8 aromatic carbocycles. The minimum Gasteiger partial charge on any atom is -0.455 e. The van der Waals surface area contributed by atoms with Crippen LogP contribution in [-0.2, 0) is 0 Å². The Morgan fingerprint density at radius 1 is 0.294 bits per heavy atom. The number of fused-ring (bicyclic) bond motifs is 6. The van der Waals surface area contributed by atoms with Crippen molar-refractivity contribution in [3.05, 3.63) is 188 Å². The lowest BCUT2D eigenvalue weighted by Gasteiger charge is -2.26. The number of nitrogens with zero attached hydrogens (tertiary/aromatic N) is 1. The fourth-order valence-corrected chi connectivity index (χ4v) is 7.53. The highest BCUT2D eigenvalue weighted by Gasteiger charge is 2.20. The SMILES string of the molecule is c1ccc(N(c2ccccc2)c2cccc(-c3ccc(-c4cccc5c4oc4ccccc45)cc3-c3cccc4c3oc3ccccc34)c2)cc1. The van der Waals surface area contributed by atoms with Crippen LogP contribution in [0.3, 0.4) is 0 Å². The Morgan fingerprint density at radius 2 is 0.784 bits per heavy atom. The van der Waals surface area contributed by atoms with Crippen molar-refractivity contribution in [3.8, 4) is 33.4 Å². The molecule has 0 radical (unpaired) electrons. The summed E-state index contributed by atoms with van der Waals surface area (Å²) in [7, 11) is 0. The lowest BCUT2D eigenvalue weighted by atomic mass is 9.89. The van der Waals surface area contributed by atoms with Gasteiger partial charge in [0.1, 0.15) is 22.3 Å². The first kappa shape index (κ1) is 29.1. The third kappa shape index (κ3) is 4.90. The first-order valence-corrected chi connectivity index (χ1v) is 17.3. The van der Waals surface area contributed by atoms with E-state index in [0.29, 0.717) is 0 Å². The Hall–Kier alpha value is -6.84. The zero-order valence-corrected chi connectivity index (χ0v) is 27.7. The highest BCUT2D eigenvalue weighted by atomic mass is 16.3. The summed E-state index contributed by atoms with van der Waals surface area (Å²) < 4.78 is 13.1. The third-order valence-electron chi connectivity index (χ3n) is 9.87. The predicted octanol–water partition coefficient (Wildman–Crippen LogP) is 14.0. The highest BCUT2D eigenvalue weighted by Crippen LogP contribution is 2.44. The van der Waals surface area contributed by atoms with Crippen LogP contribution in [0.15, 0.2) is 197 Å². The fraction of sp³-hybridized carbons (Fsp3) is 0. The van der Waals surface area contributed by atoms with Crippen molar-refractivity contribution in [2.45, 2.75) is 0 Å². The van der Waals surface area contributed by atoms with Crippen LogP contribution in [0, 0.1) is 0 Å². The van der Waals surface area contributed by atoms with Gasteiger partial charge < -0.3 is 13.7 Å². The van der Waals surface area contributed by atoms with Crippen LogP contribution in [0.1, 0.15) is 0 Å². The van der Waals surface area contributed by atoms with Crippen molar-refractivity contribution in [2.24, 2.45) is 0 Å². The average molecular weight is 654 g/mol. The molecule has 51 heavy (non-hydrogen) atoms. The van der Waals surface area contributed by atoms with Gasteiger partial charge in [0.05, 0.1) is 0 Å². The van der Waals surface area contributed by atoms with Gasteiger partial charge in [-0.05, 0) is 76.9 Å². The van der Waals surface area contributed by atoms with E-state index in [2.05, 4.69) is 169 Å². The number of rotatable bonds is 6. The van der Waals surface area contributed by atoms with Crippen LogP contribution < -0.4 is 4.90 Å². The van der Waals surface area contributed by atoms with Gasteiger partial charge in [-0.3, -0.25) is 0 Å². The van der Waals surface area contributed by atoms with E-state index < -0.39 is 0 Å². The van der Waals surface area contributed by atoms with E-state index in [-0.39, 0.29) is 0 Å². The number of hydrogen-bond donors (Lipinski definition) is 0. The first-order valence-electron chi connectivity index (χ1n) is 17.3. The number of anilines is 3. The number of para-hydroxylation sites is 6. The summed E-state index contributed by atoms with van der Waals surface area (Å²) in [6.07, 6.45) is 0. The Kier molecular flexibility index (Phi) is 6.81. The normalized spacial score (nSPS) is 11.5. The molecule has 10 rings (SSSR count). The van der Waals surface area contributed by atoms with E-state index in [4.69, 9.17) is 8.83 Å². The molecule has 0 spiro atoms. The number of hydrogen-bond acceptors (Lipinski definition) is 3. The van der Waals surface area contributed by atoms with Crippen LogP contribution in [-0.4, -0.2) is 0 Å². The molecule has 0 aliphatic carbocycles. The molecule has 0 amide bonds. The van der Waals surface area contributed by atoms with Crippen molar-refractivity contribution >= 4 is 60.9 Å². The molecule has 2 heterocycles. The molecular formula is C48H31NO2. The summed E-state index contributed by atoms with van der Waals surface area (Å²) in [5.74, 6) is 0. The maximum Gasteiger partial charge on any atom is 0.143 e. The smallest absolute Gasteiger partial charge is 0.143 e. The molecule has 0 saturated heterocycles. The molecule has 0 saturated carbocycles.